The fourth-order valence-corrected chi connectivity index (χ4v) is 3.48. The third kappa shape index (κ3) is 2.45. The van der Waals surface area contributed by atoms with Crippen LogP contribution in [0.3, 0.4) is 0 Å². The van der Waals surface area contributed by atoms with Crippen LogP contribution in [0.1, 0.15) is 32.1 Å². The molecule has 1 aliphatic carbocycles. The molecule has 7 nitrogen and oxygen atoms in total. The summed E-state index contributed by atoms with van der Waals surface area (Å²) in [7, 11) is 0. The zero-order chi connectivity index (χ0) is 15.0. The van der Waals surface area contributed by atoms with E-state index in [1.165, 1.54) is 0 Å². The molecule has 1 unspecified atom stereocenters. The van der Waals surface area contributed by atoms with E-state index >= 15 is 0 Å². The van der Waals surface area contributed by atoms with Crippen LogP contribution in [0.2, 0.25) is 0 Å². The molecule has 3 amide bonds. The molecule has 0 aromatic carbocycles. The van der Waals surface area contributed by atoms with Crippen molar-refractivity contribution in [3.63, 3.8) is 0 Å². The van der Waals surface area contributed by atoms with Gasteiger partial charge >= 0.3 is 12.0 Å². The number of fused-ring (bicyclic) bond motifs is 1. The molecule has 2 heterocycles. The first-order chi connectivity index (χ1) is 10.0. The number of nitrogens with one attached hydrogen (secondary N) is 1. The molecule has 0 aromatic heterocycles. The summed E-state index contributed by atoms with van der Waals surface area (Å²) >= 11 is 0. The highest BCUT2D eigenvalue weighted by molar-refractivity contribution is 5.81. The fourth-order valence-electron chi connectivity index (χ4n) is 3.48. The van der Waals surface area contributed by atoms with E-state index in [0.717, 1.165) is 12.8 Å². The predicted molar refractivity (Wildman–Crippen MR) is 73.6 cm³/mol. The lowest BCUT2D eigenvalue weighted by molar-refractivity contribution is -0.153. The highest BCUT2D eigenvalue weighted by atomic mass is 16.4. The number of carboxylic acids is 1. The number of hydrogen-bond donors (Lipinski definition) is 2. The SMILES string of the molecule is O=C(NCC1(C(=O)O)CCC1)N1CCN2C(=O)CCC2C1. The molecule has 1 atom stereocenters. The highest BCUT2D eigenvalue weighted by Crippen LogP contribution is 2.40. The number of hydrogen-bond acceptors (Lipinski definition) is 3. The van der Waals surface area contributed by atoms with E-state index < -0.39 is 11.4 Å². The average molecular weight is 295 g/mol. The Bertz CT molecular complexity index is 475. The van der Waals surface area contributed by atoms with Crippen LogP contribution in [0.15, 0.2) is 0 Å². The third-order valence-corrected chi connectivity index (χ3v) is 5.12. The molecule has 7 heteroatoms. The molecule has 0 radical (unpaired) electrons. The van der Waals surface area contributed by atoms with Gasteiger partial charge in [0.15, 0.2) is 0 Å². The highest BCUT2D eigenvalue weighted by Gasteiger charge is 2.45. The molecule has 3 aliphatic rings. The second-order valence-corrected chi connectivity index (χ2v) is 6.32. The molecule has 2 N–H and O–H groups in total. The number of carbonyl (C=O) groups excluding carboxylic acids is 2. The van der Waals surface area contributed by atoms with Gasteiger partial charge in [0.1, 0.15) is 0 Å². The van der Waals surface area contributed by atoms with Crippen molar-refractivity contribution >= 4 is 17.9 Å². The van der Waals surface area contributed by atoms with Crippen molar-refractivity contribution in [2.45, 2.75) is 38.1 Å². The van der Waals surface area contributed by atoms with E-state index in [2.05, 4.69) is 5.32 Å². The van der Waals surface area contributed by atoms with Crippen molar-refractivity contribution in [2.75, 3.05) is 26.2 Å². The molecule has 2 aliphatic heterocycles. The number of nitrogens with zero attached hydrogens (tertiary/aromatic N) is 2. The van der Waals surface area contributed by atoms with Gasteiger partial charge in [-0.05, 0) is 19.3 Å². The number of aliphatic carboxylic acids is 1. The van der Waals surface area contributed by atoms with Crippen molar-refractivity contribution in [2.24, 2.45) is 5.41 Å². The lowest BCUT2D eigenvalue weighted by Crippen LogP contribution is -2.57. The van der Waals surface area contributed by atoms with E-state index in [0.29, 0.717) is 38.9 Å². The summed E-state index contributed by atoms with van der Waals surface area (Å²) in [5, 5.41) is 12.0. The Morgan fingerprint density at radius 1 is 1.33 bits per heavy atom. The maximum Gasteiger partial charge on any atom is 0.317 e. The number of rotatable bonds is 3. The molecule has 21 heavy (non-hydrogen) atoms. The van der Waals surface area contributed by atoms with Gasteiger partial charge in [0.25, 0.3) is 0 Å². The van der Waals surface area contributed by atoms with Crippen LogP contribution in [0, 0.1) is 5.41 Å². The molecule has 2 saturated heterocycles. The number of carboxylic acid groups (broad SMARTS) is 1. The predicted octanol–water partition coefficient (Wildman–Crippen LogP) is 0.258. The fraction of sp³-hybridized carbons (Fsp3) is 0.786. The molecular weight excluding hydrogens is 274 g/mol. The van der Waals surface area contributed by atoms with Crippen molar-refractivity contribution < 1.29 is 19.5 Å². The molecule has 1 saturated carbocycles. The summed E-state index contributed by atoms with van der Waals surface area (Å²) in [6, 6.07) is -0.0735. The van der Waals surface area contributed by atoms with Crippen LogP contribution in [0.25, 0.3) is 0 Å². The maximum atomic E-state index is 12.2. The first kappa shape index (κ1) is 14.2. The van der Waals surface area contributed by atoms with Gasteiger partial charge in [0.2, 0.25) is 5.91 Å². The minimum absolute atomic E-state index is 0.133. The van der Waals surface area contributed by atoms with E-state index in [1.807, 2.05) is 4.90 Å². The van der Waals surface area contributed by atoms with Gasteiger partial charge in [-0.25, -0.2) is 4.79 Å². The lowest BCUT2D eigenvalue weighted by atomic mass is 9.69. The standard InChI is InChI=1S/C14H21N3O4/c18-11-3-2-10-8-16(6-7-17(10)11)13(21)15-9-14(12(19)20)4-1-5-14/h10H,1-9H2,(H,15,21)(H,19,20). The monoisotopic (exact) mass is 295 g/mol. The van der Waals surface area contributed by atoms with Crippen LogP contribution in [-0.2, 0) is 9.59 Å². The zero-order valence-electron chi connectivity index (χ0n) is 12.0. The second kappa shape index (κ2) is 5.20. The van der Waals surface area contributed by atoms with E-state index in [1.54, 1.807) is 4.90 Å². The normalized spacial score (nSPS) is 27.0. The van der Waals surface area contributed by atoms with E-state index in [9.17, 15) is 19.5 Å². The van der Waals surface area contributed by atoms with Crippen LogP contribution in [-0.4, -0.2) is 65.0 Å². The van der Waals surface area contributed by atoms with E-state index in [-0.39, 0.29) is 24.5 Å². The Kier molecular flexibility index (Phi) is 3.51. The Labute approximate surface area is 123 Å². The number of carbonyl (C=O) groups is 3. The molecule has 0 spiro atoms. The van der Waals surface area contributed by atoms with Crippen molar-refractivity contribution in [3.05, 3.63) is 0 Å². The Morgan fingerprint density at radius 3 is 2.71 bits per heavy atom. The van der Waals surface area contributed by atoms with Crippen molar-refractivity contribution in [1.29, 1.82) is 0 Å². The zero-order valence-corrected chi connectivity index (χ0v) is 12.0. The maximum absolute atomic E-state index is 12.2. The summed E-state index contributed by atoms with van der Waals surface area (Å²) in [4.78, 5) is 38.6. The summed E-state index contributed by atoms with van der Waals surface area (Å²) in [6.45, 7) is 1.86. The van der Waals surface area contributed by atoms with Crippen molar-refractivity contribution in [3.8, 4) is 0 Å². The molecular formula is C14H21N3O4. The molecule has 0 aromatic rings. The number of amides is 3. The minimum atomic E-state index is -0.819. The van der Waals surface area contributed by atoms with Gasteiger partial charge in [0.05, 0.1) is 5.41 Å². The quantitative estimate of drug-likeness (QED) is 0.781. The lowest BCUT2D eigenvalue weighted by Gasteiger charge is -2.40. The number of piperazine rings is 1. The third-order valence-electron chi connectivity index (χ3n) is 5.12. The van der Waals surface area contributed by atoms with Gasteiger partial charge in [-0.2, -0.15) is 0 Å². The van der Waals surface area contributed by atoms with Crippen molar-refractivity contribution in [1.82, 2.24) is 15.1 Å². The second-order valence-electron chi connectivity index (χ2n) is 6.32. The summed E-state index contributed by atoms with van der Waals surface area (Å²) in [5.41, 5.74) is -0.763. The summed E-state index contributed by atoms with van der Waals surface area (Å²) in [5.74, 6) is -0.639. The first-order valence-electron chi connectivity index (χ1n) is 7.57. The average Bonchev–Trinajstić information content (AvgIpc) is 2.78. The Hall–Kier alpha value is -1.79. The molecule has 116 valence electrons. The largest absolute Gasteiger partial charge is 0.481 e. The summed E-state index contributed by atoms with van der Waals surface area (Å²) in [6.07, 6.45) is 3.55. The Balaban J connectivity index is 1.52. The molecule has 3 rings (SSSR count). The van der Waals surface area contributed by atoms with Gasteiger partial charge in [-0.1, -0.05) is 6.42 Å². The van der Waals surface area contributed by atoms with Gasteiger partial charge < -0.3 is 20.2 Å². The molecule has 0 bridgehead atoms. The van der Waals surface area contributed by atoms with E-state index in [4.69, 9.17) is 0 Å². The Morgan fingerprint density at radius 2 is 2.10 bits per heavy atom. The topological polar surface area (TPSA) is 89.9 Å². The van der Waals surface area contributed by atoms with Gasteiger partial charge in [-0.15, -0.1) is 0 Å². The number of urea groups is 1. The summed E-state index contributed by atoms with van der Waals surface area (Å²) < 4.78 is 0. The molecule has 3 fully saturated rings. The first-order valence-corrected chi connectivity index (χ1v) is 7.57. The van der Waals surface area contributed by atoms with Crippen LogP contribution in [0.4, 0.5) is 4.79 Å². The van der Waals surface area contributed by atoms with Crippen LogP contribution in [0.5, 0.6) is 0 Å². The smallest absolute Gasteiger partial charge is 0.317 e. The van der Waals surface area contributed by atoms with Gasteiger partial charge in [0, 0.05) is 38.6 Å². The van der Waals surface area contributed by atoms with Crippen LogP contribution >= 0.6 is 0 Å². The minimum Gasteiger partial charge on any atom is -0.481 e. The van der Waals surface area contributed by atoms with Crippen LogP contribution < -0.4 is 5.32 Å². The van der Waals surface area contributed by atoms with Gasteiger partial charge in [-0.3, -0.25) is 9.59 Å².